The lowest BCUT2D eigenvalue weighted by molar-refractivity contribution is 0.0964. The number of aliphatic hydroxyl groups is 1. The molecule has 3 aromatic carbocycles. The van der Waals surface area contributed by atoms with Crippen LogP contribution in [0.3, 0.4) is 0 Å². The van der Waals surface area contributed by atoms with Crippen molar-refractivity contribution in [3.63, 3.8) is 0 Å². The highest BCUT2D eigenvalue weighted by molar-refractivity contribution is 8.00. The SMILES string of the molecule is CNC(=O)c1c(-c2ccc(F)cc2)oc2cc(N(CCCO)SC)c(-c3ccccc3)cc12. The van der Waals surface area contributed by atoms with Gasteiger partial charge in [-0.1, -0.05) is 42.3 Å². The summed E-state index contributed by atoms with van der Waals surface area (Å²) in [5.41, 5.74) is 4.48. The van der Waals surface area contributed by atoms with E-state index in [0.29, 0.717) is 40.8 Å². The number of carbonyl (C=O) groups excluding carboxylic acids is 1. The Morgan fingerprint density at radius 1 is 1.09 bits per heavy atom. The summed E-state index contributed by atoms with van der Waals surface area (Å²) in [6, 6.07) is 19.8. The lowest BCUT2D eigenvalue weighted by atomic mass is 9.98. The minimum atomic E-state index is -0.357. The normalized spacial score (nSPS) is 11.0. The van der Waals surface area contributed by atoms with E-state index in [2.05, 4.69) is 9.62 Å². The number of anilines is 1. The molecule has 0 aliphatic heterocycles. The Labute approximate surface area is 196 Å². The van der Waals surface area contributed by atoms with Crippen LogP contribution in [0.25, 0.3) is 33.4 Å². The smallest absolute Gasteiger partial charge is 0.255 e. The second-order valence-electron chi connectivity index (χ2n) is 7.49. The van der Waals surface area contributed by atoms with E-state index in [1.807, 2.05) is 48.7 Å². The standard InChI is InChI=1S/C26H25FN2O3S/c1-28-26(31)24-21-15-20(17-7-4-3-5-8-17)22(29(33-2)13-6-14-30)16-23(21)32-25(24)18-9-11-19(27)12-10-18/h3-5,7-12,15-16,30H,6,13-14H2,1-2H3,(H,28,31). The minimum absolute atomic E-state index is 0.0935. The number of benzene rings is 3. The number of hydrogen-bond donors (Lipinski definition) is 2. The van der Waals surface area contributed by atoms with Crippen LogP contribution >= 0.6 is 11.9 Å². The Bertz CT molecular complexity index is 1260. The fourth-order valence-corrected chi connectivity index (χ4v) is 4.53. The molecule has 1 amide bonds. The molecule has 0 saturated carbocycles. The van der Waals surface area contributed by atoms with Crippen molar-refractivity contribution in [2.75, 3.05) is 30.8 Å². The summed E-state index contributed by atoms with van der Waals surface area (Å²) in [7, 11) is 1.58. The summed E-state index contributed by atoms with van der Waals surface area (Å²) in [5.74, 6) is -0.238. The van der Waals surface area contributed by atoms with Crippen LogP contribution in [-0.4, -0.2) is 37.5 Å². The molecule has 0 saturated heterocycles. The fraction of sp³-hybridized carbons (Fsp3) is 0.192. The maximum atomic E-state index is 13.5. The predicted molar refractivity (Wildman–Crippen MR) is 133 cm³/mol. The van der Waals surface area contributed by atoms with E-state index in [1.165, 1.54) is 12.1 Å². The van der Waals surface area contributed by atoms with Crippen LogP contribution in [0.5, 0.6) is 0 Å². The molecule has 1 heterocycles. The molecule has 5 nitrogen and oxygen atoms in total. The summed E-state index contributed by atoms with van der Waals surface area (Å²) in [4.78, 5) is 12.9. The Hall–Kier alpha value is -3.29. The molecule has 7 heteroatoms. The van der Waals surface area contributed by atoms with Gasteiger partial charge in [-0.15, -0.1) is 0 Å². The van der Waals surface area contributed by atoms with Crippen molar-refractivity contribution in [1.82, 2.24) is 5.32 Å². The first-order valence-corrected chi connectivity index (χ1v) is 11.8. The predicted octanol–water partition coefficient (Wildman–Crippen LogP) is 5.73. The van der Waals surface area contributed by atoms with Crippen LogP contribution in [-0.2, 0) is 0 Å². The van der Waals surface area contributed by atoms with Crippen molar-refractivity contribution < 1.29 is 18.7 Å². The zero-order chi connectivity index (χ0) is 23.4. The first-order valence-electron chi connectivity index (χ1n) is 10.6. The molecule has 4 rings (SSSR count). The summed E-state index contributed by atoms with van der Waals surface area (Å²) in [5, 5.41) is 12.7. The van der Waals surface area contributed by atoms with Gasteiger partial charge >= 0.3 is 0 Å². The fourth-order valence-electron chi connectivity index (χ4n) is 3.87. The maximum absolute atomic E-state index is 13.5. The number of amides is 1. The molecule has 4 aromatic rings. The number of nitrogens with zero attached hydrogens (tertiary/aromatic N) is 1. The number of rotatable bonds is 8. The summed E-state index contributed by atoms with van der Waals surface area (Å²) < 4.78 is 21.8. The van der Waals surface area contributed by atoms with Gasteiger partial charge in [-0.25, -0.2) is 4.39 Å². The number of aliphatic hydroxyl groups excluding tert-OH is 1. The first-order chi connectivity index (χ1) is 16.1. The van der Waals surface area contributed by atoms with Crippen LogP contribution in [0.4, 0.5) is 10.1 Å². The minimum Gasteiger partial charge on any atom is -0.455 e. The molecule has 0 spiro atoms. The van der Waals surface area contributed by atoms with Crippen molar-refractivity contribution in [3.8, 4) is 22.5 Å². The molecule has 2 N–H and O–H groups in total. The van der Waals surface area contributed by atoms with Crippen molar-refractivity contribution in [2.45, 2.75) is 6.42 Å². The molecule has 1 aromatic heterocycles. The van der Waals surface area contributed by atoms with Crippen LogP contribution in [0.1, 0.15) is 16.8 Å². The van der Waals surface area contributed by atoms with Gasteiger partial charge in [0.05, 0.1) is 11.3 Å². The third kappa shape index (κ3) is 4.60. The third-order valence-corrected chi connectivity index (χ3v) is 6.28. The van der Waals surface area contributed by atoms with Gasteiger partial charge in [0, 0.05) is 49.0 Å². The lowest BCUT2D eigenvalue weighted by Gasteiger charge is -2.24. The van der Waals surface area contributed by atoms with Crippen LogP contribution in [0, 0.1) is 5.82 Å². The number of nitrogens with one attached hydrogen (secondary N) is 1. The van der Waals surface area contributed by atoms with Crippen molar-refractivity contribution >= 4 is 34.5 Å². The van der Waals surface area contributed by atoms with Gasteiger partial charge in [-0.05, 0) is 42.3 Å². The van der Waals surface area contributed by atoms with Crippen LogP contribution in [0.2, 0.25) is 0 Å². The Morgan fingerprint density at radius 2 is 1.82 bits per heavy atom. The zero-order valence-electron chi connectivity index (χ0n) is 18.5. The molecule has 0 aliphatic rings. The molecule has 0 unspecified atom stereocenters. The molecule has 0 atom stereocenters. The Balaban J connectivity index is 2.00. The van der Waals surface area contributed by atoms with Gasteiger partial charge in [-0.3, -0.25) is 4.79 Å². The molecule has 33 heavy (non-hydrogen) atoms. The molecule has 0 bridgehead atoms. The molecule has 170 valence electrons. The topological polar surface area (TPSA) is 65.7 Å². The van der Waals surface area contributed by atoms with Crippen LogP contribution in [0.15, 0.2) is 71.1 Å². The lowest BCUT2D eigenvalue weighted by Crippen LogP contribution is -2.18. The van der Waals surface area contributed by atoms with E-state index < -0.39 is 0 Å². The number of furan rings is 1. The number of halogens is 1. The van der Waals surface area contributed by atoms with Gasteiger partial charge in [0.1, 0.15) is 17.2 Å². The molecular weight excluding hydrogens is 439 g/mol. The van der Waals surface area contributed by atoms with E-state index in [-0.39, 0.29) is 18.3 Å². The van der Waals surface area contributed by atoms with Gasteiger partial charge in [0.15, 0.2) is 0 Å². The van der Waals surface area contributed by atoms with Gasteiger partial charge in [-0.2, -0.15) is 0 Å². The zero-order valence-corrected chi connectivity index (χ0v) is 19.3. The van der Waals surface area contributed by atoms with E-state index in [4.69, 9.17) is 4.42 Å². The van der Waals surface area contributed by atoms with Gasteiger partial charge in [0.2, 0.25) is 0 Å². The number of carbonyl (C=O) groups is 1. The monoisotopic (exact) mass is 464 g/mol. The van der Waals surface area contributed by atoms with Crippen molar-refractivity contribution in [2.24, 2.45) is 0 Å². The average molecular weight is 465 g/mol. The van der Waals surface area contributed by atoms with E-state index in [9.17, 15) is 14.3 Å². The molecular formula is C26H25FN2O3S. The Morgan fingerprint density at radius 3 is 2.45 bits per heavy atom. The molecule has 0 aliphatic carbocycles. The van der Waals surface area contributed by atoms with Crippen molar-refractivity contribution in [3.05, 3.63) is 78.1 Å². The second kappa shape index (κ2) is 10.1. The summed E-state index contributed by atoms with van der Waals surface area (Å²) >= 11 is 1.56. The van der Waals surface area contributed by atoms with Crippen LogP contribution < -0.4 is 9.62 Å². The van der Waals surface area contributed by atoms with Crippen molar-refractivity contribution in [1.29, 1.82) is 0 Å². The highest BCUT2D eigenvalue weighted by atomic mass is 32.2. The largest absolute Gasteiger partial charge is 0.455 e. The van der Waals surface area contributed by atoms with E-state index in [0.717, 1.165) is 16.8 Å². The summed E-state index contributed by atoms with van der Waals surface area (Å²) in [6.07, 6.45) is 2.61. The van der Waals surface area contributed by atoms with Gasteiger partial charge in [0.25, 0.3) is 5.91 Å². The highest BCUT2D eigenvalue weighted by Gasteiger charge is 2.24. The second-order valence-corrected chi connectivity index (χ2v) is 8.29. The number of hydrogen-bond acceptors (Lipinski definition) is 5. The molecule has 0 fully saturated rings. The average Bonchev–Trinajstić information content (AvgIpc) is 3.23. The van der Waals surface area contributed by atoms with Gasteiger partial charge < -0.3 is 19.1 Å². The highest BCUT2D eigenvalue weighted by Crippen LogP contribution is 2.42. The third-order valence-electron chi connectivity index (χ3n) is 5.46. The Kier molecular flexibility index (Phi) is 7.01. The quantitative estimate of drug-likeness (QED) is 0.326. The van der Waals surface area contributed by atoms with E-state index in [1.54, 1.807) is 31.1 Å². The maximum Gasteiger partial charge on any atom is 0.255 e. The molecule has 0 radical (unpaired) electrons. The number of fused-ring (bicyclic) bond motifs is 1. The first kappa shape index (κ1) is 22.9. The van der Waals surface area contributed by atoms with E-state index >= 15 is 0 Å². The summed E-state index contributed by atoms with van der Waals surface area (Å²) in [6.45, 7) is 0.743.